The van der Waals surface area contributed by atoms with Crippen LogP contribution >= 0.6 is 11.6 Å². The maximum absolute atomic E-state index is 6.14. The van der Waals surface area contributed by atoms with Gasteiger partial charge in [-0.3, -0.25) is 0 Å². The summed E-state index contributed by atoms with van der Waals surface area (Å²) in [5.74, 6) is 1.41. The Morgan fingerprint density at radius 1 is 1.57 bits per heavy atom. The zero-order valence-electron chi connectivity index (χ0n) is 8.22. The maximum atomic E-state index is 6.14. The van der Waals surface area contributed by atoms with Gasteiger partial charge < -0.3 is 10.1 Å². The normalized spacial score (nSPS) is 19.1. The van der Waals surface area contributed by atoms with Gasteiger partial charge in [-0.2, -0.15) is 0 Å². The topological polar surface area (TPSA) is 21.3 Å². The highest BCUT2D eigenvalue weighted by atomic mass is 35.5. The number of halogens is 1. The van der Waals surface area contributed by atoms with Gasteiger partial charge in [0, 0.05) is 16.5 Å². The highest BCUT2D eigenvalue weighted by molar-refractivity contribution is 6.31. The Kier molecular flexibility index (Phi) is 2.94. The lowest BCUT2D eigenvalue weighted by atomic mass is 9.98. The van der Waals surface area contributed by atoms with E-state index in [9.17, 15) is 0 Å². The summed E-state index contributed by atoms with van der Waals surface area (Å²) in [6.45, 7) is 1.76. The second kappa shape index (κ2) is 4.20. The molecule has 1 heterocycles. The summed E-state index contributed by atoms with van der Waals surface area (Å²) in [5.41, 5.74) is 1.18. The largest absolute Gasteiger partial charge is 0.493 e. The zero-order chi connectivity index (χ0) is 9.97. The van der Waals surface area contributed by atoms with E-state index in [-0.39, 0.29) is 0 Å². The van der Waals surface area contributed by atoms with Gasteiger partial charge in [-0.05, 0) is 32.1 Å². The van der Waals surface area contributed by atoms with Crippen LogP contribution in [0, 0.1) is 0 Å². The third kappa shape index (κ3) is 1.72. The molecule has 76 valence electrons. The predicted octanol–water partition coefficient (Wildman–Crippen LogP) is 2.43. The van der Waals surface area contributed by atoms with Gasteiger partial charge in [-0.25, -0.2) is 0 Å². The second-order valence-corrected chi connectivity index (χ2v) is 3.96. The molecule has 0 saturated heterocycles. The first kappa shape index (κ1) is 9.81. The molecule has 0 fully saturated rings. The molecule has 1 unspecified atom stereocenters. The Morgan fingerprint density at radius 3 is 3.21 bits per heavy atom. The molecule has 14 heavy (non-hydrogen) atoms. The molecule has 1 atom stereocenters. The third-order valence-corrected chi connectivity index (χ3v) is 2.93. The molecule has 2 nitrogen and oxygen atoms in total. The van der Waals surface area contributed by atoms with Gasteiger partial charge in [-0.1, -0.05) is 17.7 Å². The van der Waals surface area contributed by atoms with Gasteiger partial charge in [0.2, 0.25) is 0 Å². The number of ether oxygens (including phenoxy) is 1. The van der Waals surface area contributed by atoms with E-state index in [0.717, 1.165) is 30.3 Å². The first-order chi connectivity index (χ1) is 6.83. The molecule has 0 bridgehead atoms. The highest BCUT2D eigenvalue weighted by Crippen LogP contribution is 2.40. The van der Waals surface area contributed by atoms with Crippen LogP contribution in [0.1, 0.15) is 17.9 Å². The third-order valence-electron chi connectivity index (χ3n) is 2.60. The van der Waals surface area contributed by atoms with Crippen LogP contribution < -0.4 is 10.1 Å². The fraction of sp³-hybridized carbons (Fsp3) is 0.455. The van der Waals surface area contributed by atoms with E-state index in [1.807, 2.05) is 25.2 Å². The summed E-state index contributed by atoms with van der Waals surface area (Å²) in [7, 11) is 1.96. The molecule has 1 aromatic rings. The van der Waals surface area contributed by atoms with E-state index >= 15 is 0 Å². The lowest BCUT2D eigenvalue weighted by Crippen LogP contribution is -2.13. The maximum Gasteiger partial charge on any atom is 0.124 e. The molecule has 1 N–H and O–H groups in total. The van der Waals surface area contributed by atoms with E-state index in [2.05, 4.69) is 5.32 Å². The van der Waals surface area contributed by atoms with Crippen molar-refractivity contribution in [1.29, 1.82) is 0 Å². The molecular weight excluding hydrogens is 198 g/mol. The molecule has 0 saturated carbocycles. The molecule has 0 aromatic heterocycles. The monoisotopic (exact) mass is 211 g/mol. The zero-order valence-corrected chi connectivity index (χ0v) is 8.97. The average molecular weight is 212 g/mol. The van der Waals surface area contributed by atoms with E-state index < -0.39 is 0 Å². The number of nitrogens with one attached hydrogen (secondary N) is 1. The van der Waals surface area contributed by atoms with E-state index in [1.54, 1.807) is 0 Å². The summed E-state index contributed by atoms with van der Waals surface area (Å²) < 4.78 is 5.58. The molecule has 1 aliphatic heterocycles. The summed E-state index contributed by atoms with van der Waals surface area (Å²) in [6, 6.07) is 5.85. The Hall–Kier alpha value is -0.730. The summed E-state index contributed by atoms with van der Waals surface area (Å²) in [6.07, 6.45) is 1.08. The fourth-order valence-electron chi connectivity index (χ4n) is 1.86. The molecule has 2 rings (SSSR count). The average Bonchev–Trinajstić information content (AvgIpc) is 2.59. The number of benzene rings is 1. The van der Waals surface area contributed by atoms with Crippen molar-refractivity contribution >= 4 is 11.6 Å². The van der Waals surface area contributed by atoms with Crippen molar-refractivity contribution in [2.24, 2.45) is 0 Å². The van der Waals surface area contributed by atoms with Gasteiger partial charge in [0.05, 0.1) is 6.61 Å². The van der Waals surface area contributed by atoms with Crippen LogP contribution in [0.3, 0.4) is 0 Å². The van der Waals surface area contributed by atoms with Gasteiger partial charge in [0.25, 0.3) is 0 Å². The Labute approximate surface area is 89.2 Å². The SMILES string of the molecule is CNCCC1COc2cccc(Cl)c21. The predicted molar refractivity (Wildman–Crippen MR) is 58.2 cm³/mol. The standard InChI is InChI=1S/C11H14ClNO/c1-13-6-5-8-7-14-10-4-2-3-9(12)11(8)10/h2-4,8,13H,5-7H2,1H3. The van der Waals surface area contributed by atoms with Crippen molar-refractivity contribution in [2.45, 2.75) is 12.3 Å². The van der Waals surface area contributed by atoms with Gasteiger partial charge in [-0.15, -0.1) is 0 Å². The summed E-state index contributed by atoms with van der Waals surface area (Å²) in [4.78, 5) is 0. The first-order valence-electron chi connectivity index (χ1n) is 4.88. The minimum atomic E-state index is 0.450. The molecule has 1 aromatic carbocycles. The molecule has 0 amide bonds. The number of fused-ring (bicyclic) bond motifs is 1. The van der Waals surface area contributed by atoms with Crippen LogP contribution in [0.4, 0.5) is 0 Å². The molecule has 0 spiro atoms. The van der Waals surface area contributed by atoms with E-state index in [4.69, 9.17) is 16.3 Å². The molecule has 0 aliphatic carbocycles. The van der Waals surface area contributed by atoms with E-state index in [1.165, 1.54) is 5.56 Å². The quantitative estimate of drug-likeness (QED) is 0.829. The Balaban J connectivity index is 2.20. The van der Waals surface area contributed by atoms with E-state index in [0.29, 0.717) is 5.92 Å². The Morgan fingerprint density at radius 2 is 2.43 bits per heavy atom. The molecule has 0 radical (unpaired) electrons. The van der Waals surface area contributed by atoms with Gasteiger partial charge >= 0.3 is 0 Å². The van der Waals surface area contributed by atoms with Crippen molar-refractivity contribution in [2.75, 3.05) is 20.2 Å². The van der Waals surface area contributed by atoms with Crippen molar-refractivity contribution in [3.63, 3.8) is 0 Å². The second-order valence-electron chi connectivity index (χ2n) is 3.55. The van der Waals surface area contributed by atoms with Crippen molar-refractivity contribution in [1.82, 2.24) is 5.32 Å². The smallest absolute Gasteiger partial charge is 0.124 e. The first-order valence-corrected chi connectivity index (χ1v) is 5.26. The minimum absolute atomic E-state index is 0.450. The van der Waals surface area contributed by atoms with Crippen molar-refractivity contribution in [3.8, 4) is 5.75 Å². The van der Waals surface area contributed by atoms with Gasteiger partial charge in [0.1, 0.15) is 5.75 Å². The fourth-order valence-corrected chi connectivity index (χ4v) is 2.18. The van der Waals surface area contributed by atoms with Crippen LogP contribution in [0.25, 0.3) is 0 Å². The lowest BCUT2D eigenvalue weighted by molar-refractivity contribution is 0.324. The van der Waals surface area contributed by atoms with Gasteiger partial charge in [0.15, 0.2) is 0 Å². The summed E-state index contributed by atoms with van der Waals surface area (Å²) >= 11 is 6.14. The molecular formula is C11H14ClNO. The Bertz CT molecular complexity index is 327. The van der Waals surface area contributed by atoms with Crippen LogP contribution in [0.2, 0.25) is 5.02 Å². The minimum Gasteiger partial charge on any atom is -0.493 e. The molecule has 1 aliphatic rings. The van der Waals surface area contributed by atoms with Crippen LogP contribution in [0.5, 0.6) is 5.75 Å². The number of hydrogen-bond donors (Lipinski definition) is 1. The molecule has 3 heteroatoms. The number of hydrogen-bond acceptors (Lipinski definition) is 2. The summed E-state index contributed by atoms with van der Waals surface area (Å²) in [5, 5.41) is 3.98. The van der Waals surface area contributed by atoms with Crippen LogP contribution in [0.15, 0.2) is 18.2 Å². The van der Waals surface area contributed by atoms with Crippen LogP contribution in [-0.2, 0) is 0 Å². The van der Waals surface area contributed by atoms with Crippen molar-refractivity contribution in [3.05, 3.63) is 28.8 Å². The van der Waals surface area contributed by atoms with Crippen molar-refractivity contribution < 1.29 is 4.74 Å². The lowest BCUT2D eigenvalue weighted by Gasteiger charge is -2.08. The highest BCUT2D eigenvalue weighted by Gasteiger charge is 2.25. The van der Waals surface area contributed by atoms with Crippen LogP contribution in [-0.4, -0.2) is 20.2 Å². The number of rotatable bonds is 3.